The highest BCUT2D eigenvalue weighted by Crippen LogP contribution is 2.11. The summed E-state index contributed by atoms with van der Waals surface area (Å²) in [6, 6.07) is 7.88. The molecule has 0 aliphatic carbocycles. The Morgan fingerprint density at radius 2 is 2.13 bits per heavy atom. The molecule has 1 atom stereocenters. The molecule has 7 heteroatoms. The first-order valence-electron chi connectivity index (χ1n) is 7.19. The van der Waals surface area contributed by atoms with Crippen LogP contribution in [0.4, 0.5) is 0 Å². The number of hydrogen-bond acceptors (Lipinski definition) is 4. The van der Waals surface area contributed by atoms with Gasteiger partial charge in [0.1, 0.15) is 6.04 Å². The summed E-state index contributed by atoms with van der Waals surface area (Å²) < 4.78 is 6.58. The van der Waals surface area contributed by atoms with Crippen LogP contribution in [0.15, 0.2) is 42.7 Å². The zero-order valence-electron chi connectivity index (χ0n) is 12.8. The minimum absolute atomic E-state index is 0.207. The molecule has 0 saturated carbocycles. The summed E-state index contributed by atoms with van der Waals surface area (Å²) in [5, 5.41) is 15.8. The highest BCUT2D eigenvalue weighted by Gasteiger charge is 2.21. The molecule has 0 fully saturated rings. The van der Waals surface area contributed by atoms with Gasteiger partial charge in [0.25, 0.3) is 5.91 Å². The Hall–Kier alpha value is -2.67. The van der Waals surface area contributed by atoms with Crippen LogP contribution < -0.4 is 5.32 Å². The molecule has 1 aromatic carbocycles. The van der Waals surface area contributed by atoms with Gasteiger partial charge in [-0.2, -0.15) is 5.10 Å². The molecule has 2 N–H and O–H groups in total. The van der Waals surface area contributed by atoms with Crippen LogP contribution in [0, 0.1) is 0 Å². The summed E-state index contributed by atoms with van der Waals surface area (Å²) in [5.74, 6) is -1.50. The third-order valence-electron chi connectivity index (χ3n) is 3.37. The van der Waals surface area contributed by atoms with E-state index in [0.717, 1.165) is 5.56 Å². The maximum absolute atomic E-state index is 12.4. The van der Waals surface area contributed by atoms with Crippen molar-refractivity contribution in [1.82, 2.24) is 15.1 Å². The lowest BCUT2D eigenvalue weighted by Gasteiger charge is -2.16. The van der Waals surface area contributed by atoms with E-state index in [9.17, 15) is 14.7 Å². The monoisotopic (exact) mass is 317 g/mol. The van der Waals surface area contributed by atoms with E-state index in [1.54, 1.807) is 35.3 Å². The molecule has 2 aromatic rings. The molecule has 0 bridgehead atoms. The van der Waals surface area contributed by atoms with Crippen LogP contribution in [0.5, 0.6) is 0 Å². The Morgan fingerprint density at radius 3 is 2.78 bits per heavy atom. The summed E-state index contributed by atoms with van der Waals surface area (Å²) >= 11 is 0. The molecule has 1 unspecified atom stereocenters. The predicted molar refractivity (Wildman–Crippen MR) is 83.2 cm³/mol. The second kappa shape index (κ2) is 8.09. The van der Waals surface area contributed by atoms with Crippen molar-refractivity contribution in [3.8, 4) is 0 Å². The zero-order chi connectivity index (χ0) is 16.7. The number of carbonyl (C=O) groups is 2. The number of nitrogens with zero attached hydrogens (tertiary/aromatic N) is 2. The van der Waals surface area contributed by atoms with Gasteiger partial charge in [-0.1, -0.05) is 18.2 Å². The van der Waals surface area contributed by atoms with E-state index >= 15 is 0 Å². The molecule has 0 saturated heterocycles. The topological polar surface area (TPSA) is 93.5 Å². The van der Waals surface area contributed by atoms with Gasteiger partial charge in [-0.25, -0.2) is 4.79 Å². The molecule has 1 amide bonds. The van der Waals surface area contributed by atoms with Gasteiger partial charge in [-0.15, -0.1) is 0 Å². The van der Waals surface area contributed by atoms with E-state index < -0.39 is 17.9 Å². The predicted octanol–water partition coefficient (Wildman–Crippen LogP) is 1.15. The van der Waals surface area contributed by atoms with E-state index in [-0.39, 0.29) is 13.0 Å². The van der Waals surface area contributed by atoms with E-state index in [1.807, 2.05) is 12.1 Å². The largest absolute Gasteiger partial charge is 0.480 e. The van der Waals surface area contributed by atoms with E-state index in [2.05, 4.69) is 10.4 Å². The van der Waals surface area contributed by atoms with E-state index in [0.29, 0.717) is 12.1 Å². The summed E-state index contributed by atoms with van der Waals surface area (Å²) in [6.45, 7) is 0.693. The first-order chi connectivity index (χ1) is 11.1. The van der Waals surface area contributed by atoms with Crippen molar-refractivity contribution in [3.05, 3.63) is 53.9 Å². The number of ether oxygens (including phenoxy) is 1. The number of carbonyl (C=O) groups excluding carboxylic acids is 1. The minimum Gasteiger partial charge on any atom is -0.480 e. The number of hydrogen-bond donors (Lipinski definition) is 2. The highest BCUT2D eigenvalue weighted by atomic mass is 16.5. The summed E-state index contributed by atoms with van der Waals surface area (Å²) in [4.78, 5) is 23.7. The second-order valence-corrected chi connectivity index (χ2v) is 5.01. The zero-order valence-corrected chi connectivity index (χ0v) is 12.8. The number of carboxylic acid groups (broad SMARTS) is 1. The molecule has 0 aliphatic rings. The van der Waals surface area contributed by atoms with Crippen LogP contribution in [-0.4, -0.2) is 46.5 Å². The van der Waals surface area contributed by atoms with Gasteiger partial charge in [0.2, 0.25) is 0 Å². The van der Waals surface area contributed by atoms with Gasteiger partial charge in [0, 0.05) is 38.1 Å². The highest BCUT2D eigenvalue weighted by molar-refractivity contribution is 5.97. The molecular formula is C16H19N3O4. The SMILES string of the molecule is COCCC(NC(=O)c1ccccc1Cn1cccn1)C(=O)O. The maximum atomic E-state index is 12.4. The Kier molecular flexibility index (Phi) is 5.87. The number of carboxylic acids is 1. The molecule has 0 aliphatic heterocycles. The molecule has 7 nitrogen and oxygen atoms in total. The lowest BCUT2D eigenvalue weighted by molar-refractivity contribution is -0.139. The second-order valence-electron chi connectivity index (χ2n) is 5.01. The van der Waals surface area contributed by atoms with Gasteiger partial charge in [-0.05, 0) is 17.7 Å². The number of nitrogens with one attached hydrogen (secondary N) is 1. The normalized spacial score (nSPS) is 11.9. The Morgan fingerprint density at radius 1 is 1.35 bits per heavy atom. The molecule has 23 heavy (non-hydrogen) atoms. The number of benzene rings is 1. The van der Waals surface area contributed by atoms with Gasteiger partial charge in [0.15, 0.2) is 0 Å². The van der Waals surface area contributed by atoms with Crippen LogP contribution >= 0.6 is 0 Å². The third-order valence-corrected chi connectivity index (χ3v) is 3.37. The lowest BCUT2D eigenvalue weighted by Crippen LogP contribution is -2.41. The van der Waals surface area contributed by atoms with Crippen molar-refractivity contribution >= 4 is 11.9 Å². The van der Waals surface area contributed by atoms with E-state index in [1.165, 1.54) is 7.11 Å². The Bertz CT molecular complexity index is 655. The number of aliphatic carboxylic acids is 1. The van der Waals surface area contributed by atoms with Crippen LogP contribution in [0.1, 0.15) is 22.3 Å². The van der Waals surface area contributed by atoms with Crippen molar-refractivity contribution in [1.29, 1.82) is 0 Å². The first kappa shape index (κ1) is 16.7. The molecule has 122 valence electrons. The van der Waals surface area contributed by atoms with Gasteiger partial charge < -0.3 is 15.2 Å². The van der Waals surface area contributed by atoms with Gasteiger partial charge in [-0.3, -0.25) is 9.48 Å². The van der Waals surface area contributed by atoms with Crippen molar-refractivity contribution in [2.45, 2.75) is 19.0 Å². The maximum Gasteiger partial charge on any atom is 0.326 e. The van der Waals surface area contributed by atoms with E-state index in [4.69, 9.17) is 4.74 Å². The Labute approximate surface area is 133 Å². The molecule has 2 rings (SSSR count). The number of methoxy groups -OCH3 is 1. The third kappa shape index (κ3) is 4.65. The van der Waals surface area contributed by atoms with Crippen molar-refractivity contribution in [2.24, 2.45) is 0 Å². The molecular weight excluding hydrogens is 298 g/mol. The summed E-state index contributed by atoms with van der Waals surface area (Å²) in [7, 11) is 1.49. The first-order valence-corrected chi connectivity index (χ1v) is 7.19. The summed E-state index contributed by atoms with van der Waals surface area (Å²) in [5.41, 5.74) is 1.20. The quantitative estimate of drug-likeness (QED) is 0.762. The number of rotatable bonds is 8. The fraction of sp³-hybridized carbons (Fsp3) is 0.312. The van der Waals surface area contributed by atoms with Gasteiger partial charge >= 0.3 is 5.97 Å². The minimum atomic E-state index is -1.08. The van der Waals surface area contributed by atoms with Crippen molar-refractivity contribution in [3.63, 3.8) is 0 Å². The molecule has 0 radical (unpaired) electrons. The average molecular weight is 317 g/mol. The number of aromatic nitrogens is 2. The Balaban J connectivity index is 2.13. The van der Waals surface area contributed by atoms with Crippen LogP contribution in [-0.2, 0) is 16.1 Å². The summed E-state index contributed by atoms with van der Waals surface area (Å²) in [6.07, 6.45) is 3.67. The fourth-order valence-electron chi connectivity index (χ4n) is 2.18. The fourth-order valence-corrected chi connectivity index (χ4v) is 2.18. The number of amides is 1. The van der Waals surface area contributed by atoms with Crippen LogP contribution in [0.2, 0.25) is 0 Å². The van der Waals surface area contributed by atoms with Crippen LogP contribution in [0.25, 0.3) is 0 Å². The average Bonchev–Trinajstić information content (AvgIpc) is 3.04. The van der Waals surface area contributed by atoms with Gasteiger partial charge in [0.05, 0.1) is 6.54 Å². The molecule has 1 heterocycles. The van der Waals surface area contributed by atoms with Crippen molar-refractivity contribution < 1.29 is 19.4 Å². The lowest BCUT2D eigenvalue weighted by atomic mass is 10.1. The van der Waals surface area contributed by atoms with Crippen molar-refractivity contribution in [2.75, 3.05) is 13.7 Å². The standard InChI is InChI=1S/C16H19N3O4/c1-23-10-7-14(16(21)22)18-15(20)13-6-3-2-5-12(13)11-19-9-4-8-17-19/h2-6,8-9,14H,7,10-11H2,1H3,(H,18,20)(H,21,22). The van der Waals surface area contributed by atoms with Crippen LogP contribution in [0.3, 0.4) is 0 Å². The smallest absolute Gasteiger partial charge is 0.326 e. The molecule has 1 aromatic heterocycles. The molecule has 0 spiro atoms.